The van der Waals surface area contributed by atoms with Gasteiger partial charge in [-0.15, -0.1) is 0 Å². The highest BCUT2D eigenvalue weighted by Crippen LogP contribution is 2.35. The van der Waals surface area contributed by atoms with Gasteiger partial charge in [0.15, 0.2) is 11.5 Å². The molecule has 1 heterocycles. The maximum Gasteiger partial charge on any atom is 0.221 e. The Kier molecular flexibility index (Phi) is 7.14. The summed E-state index contributed by atoms with van der Waals surface area (Å²) in [6.45, 7) is 3.67. The quantitative estimate of drug-likeness (QED) is 0.492. The molecule has 0 aliphatic heterocycles. The van der Waals surface area contributed by atoms with Crippen LogP contribution < -0.4 is 20.1 Å². The van der Waals surface area contributed by atoms with E-state index in [1.165, 1.54) is 0 Å². The lowest BCUT2D eigenvalue weighted by molar-refractivity contribution is -0.121. The Labute approximate surface area is 171 Å². The summed E-state index contributed by atoms with van der Waals surface area (Å²) in [5.41, 5.74) is 3.27. The second-order valence-corrected chi connectivity index (χ2v) is 6.84. The number of carbonyl (C=O) groups is 1. The lowest BCUT2D eigenvalue weighted by atomic mass is 9.90. The predicted molar refractivity (Wildman–Crippen MR) is 116 cm³/mol. The van der Waals surface area contributed by atoms with Gasteiger partial charge in [0.25, 0.3) is 0 Å². The number of aromatic amines is 1. The van der Waals surface area contributed by atoms with Gasteiger partial charge in [-0.2, -0.15) is 0 Å². The van der Waals surface area contributed by atoms with Crippen LogP contribution in [0, 0.1) is 0 Å². The molecule has 0 bridgehead atoms. The molecule has 0 spiro atoms. The fourth-order valence-corrected chi connectivity index (χ4v) is 3.51. The summed E-state index contributed by atoms with van der Waals surface area (Å²) in [6, 6.07) is 14.2. The summed E-state index contributed by atoms with van der Waals surface area (Å²) < 4.78 is 11.2. The molecular weight excluding hydrogens is 366 g/mol. The minimum absolute atomic E-state index is 0.0192. The number of benzene rings is 2. The molecule has 1 atom stereocenters. The highest BCUT2D eigenvalue weighted by Gasteiger charge is 2.20. The van der Waals surface area contributed by atoms with Crippen LogP contribution in [0.1, 0.15) is 30.4 Å². The molecule has 1 unspecified atom stereocenters. The number of nitrogens with one attached hydrogen (secondary N) is 3. The zero-order valence-electron chi connectivity index (χ0n) is 17.2. The second kappa shape index (κ2) is 9.98. The van der Waals surface area contributed by atoms with Crippen molar-refractivity contribution in [1.82, 2.24) is 15.6 Å². The fourth-order valence-electron chi connectivity index (χ4n) is 3.51. The number of hydrogen-bond donors (Lipinski definition) is 3. The molecule has 3 N–H and O–H groups in total. The highest BCUT2D eigenvalue weighted by atomic mass is 16.5. The molecule has 3 rings (SSSR count). The Bertz CT molecular complexity index is 951. The molecule has 0 aliphatic carbocycles. The zero-order valence-corrected chi connectivity index (χ0v) is 17.2. The summed E-state index contributed by atoms with van der Waals surface area (Å²) in [4.78, 5) is 15.6. The van der Waals surface area contributed by atoms with Crippen molar-refractivity contribution in [1.29, 1.82) is 0 Å². The molecule has 154 valence electrons. The van der Waals surface area contributed by atoms with Crippen LogP contribution in [-0.2, 0) is 4.79 Å². The summed E-state index contributed by atoms with van der Waals surface area (Å²) >= 11 is 0. The lowest BCUT2D eigenvalue weighted by Gasteiger charge is -2.20. The highest BCUT2D eigenvalue weighted by molar-refractivity contribution is 5.84. The molecular formula is C23H29N3O3. The van der Waals surface area contributed by atoms with E-state index in [9.17, 15) is 4.79 Å². The molecule has 2 aromatic carbocycles. The van der Waals surface area contributed by atoms with Crippen molar-refractivity contribution in [3.63, 3.8) is 0 Å². The Morgan fingerprint density at radius 1 is 1.17 bits per heavy atom. The first-order chi connectivity index (χ1) is 14.2. The summed E-state index contributed by atoms with van der Waals surface area (Å²) in [5.74, 6) is 1.42. The number of hydrogen-bond acceptors (Lipinski definition) is 4. The molecule has 6 heteroatoms. The van der Waals surface area contributed by atoms with E-state index in [1.807, 2.05) is 50.5 Å². The smallest absolute Gasteiger partial charge is 0.221 e. The maximum absolute atomic E-state index is 12.2. The fraction of sp³-hybridized carbons (Fsp3) is 0.348. The van der Waals surface area contributed by atoms with Gasteiger partial charge < -0.3 is 25.1 Å². The SMILES string of the molecule is CCOc1ccc(C(CNC(=O)CCNC)c2c[nH]c3ccccc23)cc1OC. The second-order valence-electron chi connectivity index (χ2n) is 6.84. The van der Waals surface area contributed by atoms with Crippen molar-refractivity contribution in [2.45, 2.75) is 19.3 Å². The van der Waals surface area contributed by atoms with E-state index in [-0.39, 0.29) is 11.8 Å². The van der Waals surface area contributed by atoms with Gasteiger partial charge in [0.05, 0.1) is 13.7 Å². The van der Waals surface area contributed by atoms with Gasteiger partial charge in [0, 0.05) is 42.5 Å². The van der Waals surface area contributed by atoms with E-state index < -0.39 is 0 Å². The first-order valence-electron chi connectivity index (χ1n) is 9.96. The molecule has 0 saturated carbocycles. The van der Waals surface area contributed by atoms with Gasteiger partial charge in [-0.3, -0.25) is 4.79 Å². The topological polar surface area (TPSA) is 75.4 Å². The van der Waals surface area contributed by atoms with Crippen LogP contribution in [0.2, 0.25) is 0 Å². The number of rotatable bonds is 10. The monoisotopic (exact) mass is 395 g/mol. The van der Waals surface area contributed by atoms with Crippen LogP contribution in [0.3, 0.4) is 0 Å². The standard InChI is InChI=1S/C23H29N3O3/c1-4-29-21-10-9-16(13-22(21)28-3)18(14-26-23(27)11-12-24-2)19-15-25-20-8-6-5-7-17(19)20/h5-10,13,15,18,24-25H,4,11-12,14H2,1-3H3,(H,26,27). The molecule has 1 amide bonds. The van der Waals surface area contributed by atoms with E-state index in [4.69, 9.17) is 9.47 Å². The summed E-state index contributed by atoms with van der Waals surface area (Å²) in [7, 11) is 3.48. The van der Waals surface area contributed by atoms with E-state index >= 15 is 0 Å². The number of carbonyl (C=O) groups excluding carboxylic acids is 1. The lowest BCUT2D eigenvalue weighted by Crippen LogP contribution is -2.30. The normalized spacial score (nSPS) is 12.0. The van der Waals surface area contributed by atoms with Gasteiger partial charge in [-0.25, -0.2) is 0 Å². The van der Waals surface area contributed by atoms with E-state index in [2.05, 4.69) is 27.8 Å². The van der Waals surface area contributed by atoms with Gasteiger partial charge in [0.1, 0.15) is 0 Å². The van der Waals surface area contributed by atoms with Crippen molar-refractivity contribution >= 4 is 16.8 Å². The number of methoxy groups -OCH3 is 1. The number of H-pyrrole nitrogens is 1. The minimum Gasteiger partial charge on any atom is -0.493 e. The molecule has 29 heavy (non-hydrogen) atoms. The van der Waals surface area contributed by atoms with Crippen molar-refractivity contribution in [2.24, 2.45) is 0 Å². The zero-order chi connectivity index (χ0) is 20.6. The van der Waals surface area contributed by atoms with Gasteiger partial charge in [-0.05, 0) is 43.3 Å². The number of amides is 1. The predicted octanol–water partition coefficient (Wildman–Crippen LogP) is 3.43. The largest absolute Gasteiger partial charge is 0.493 e. The van der Waals surface area contributed by atoms with Crippen molar-refractivity contribution in [2.75, 3.05) is 33.9 Å². The number of aromatic nitrogens is 1. The molecule has 0 radical (unpaired) electrons. The van der Waals surface area contributed by atoms with Gasteiger partial charge in [-0.1, -0.05) is 24.3 Å². The van der Waals surface area contributed by atoms with Crippen molar-refractivity contribution in [3.8, 4) is 11.5 Å². The third-order valence-electron chi connectivity index (χ3n) is 4.99. The third-order valence-corrected chi connectivity index (χ3v) is 4.99. The molecule has 3 aromatic rings. The Balaban J connectivity index is 1.95. The molecule has 0 aliphatic rings. The van der Waals surface area contributed by atoms with Crippen LogP contribution >= 0.6 is 0 Å². The van der Waals surface area contributed by atoms with Crippen LogP contribution in [-0.4, -0.2) is 44.7 Å². The summed E-state index contributed by atoms with van der Waals surface area (Å²) in [5, 5.41) is 7.24. The van der Waals surface area contributed by atoms with Gasteiger partial charge >= 0.3 is 0 Å². The molecule has 0 saturated heterocycles. The number of ether oxygens (including phenoxy) is 2. The summed E-state index contributed by atoms with van der Waals surface area (Å²) in [6.07, 6.45) is 2.47. The van der Waals surface area contributed by atoms with Crippen molar-refractivity contribution in [3.05, 3.63) is 59.8 Å². The van der Waals surface area contributed by atoms with E-state index in [1.54, 1.807) is 7.11 Å². The van der Waals surface area contributed by atoms with Crippen LogP contribution in [0.4, 0.5) is 0 Å². The van der Waals surface area contributed by atoms with Crippen LogP contribution in [0.15, 0.2) is 48.7 Å². The Hall–Kier alpha value is -2.99. The molecule has 0 fully saturated rings. The van der Waals surface area contributed by atoms with E-state index in [0.717, 1.165) is 27.8 Å². The number of fused-ring (bicyclic) bond motifs is 1. The van der Waals surface area contributed by atoms with Crippen LogP contribution in [0.25, 0.3) is 10.9 Å². The molecule has 6 nitrogen and oxygen atoms in total. The minimum atomic E-state index is -0.0192. The first-order valence-corrected chi connectivity index (χ1v) is 9.96. The first kappa shape index (κ1) is 20.7. The maximum atomic E-state index is 12.2. The molecule has 1 aromatic heterocycles. The Morgan fingerprint density at radius 2 is 2.00 bits per heavy atom. The Morgan fingerprint density at radius 3 is 2.76 bits per heavy atom. The number of para-hydroxylation sites is 1. The van der Waals surface area contributed by atoms with Crippen LogP contribution in [0.5, 0.6) is 11.5 Å². The average molecular weight is 396 g/mol. The average Bonchev–Trinajstić information content (AvgIpc) is 3.17. The van der Waals surface area contributed by atoms with E-state index in [0.29, 0.717) is 31.9 Å². The van der Waals surface area contributed by atoms with Gasteiger partial charge in [0.2, 0.25) is 5.91 Å². The third kappa shape index (κ3) is 4.90. The van der Waals surface area contributed by atoms with Crippen molar-refractivity contribution < 1.29 is 14.3 Å².